The Morgan fingerprint density at radius 2 is 2.14 bits per heavy atom. The standard InChI is InChI=1S/C14H16FN3O2S/c1-8(2)18-13(10-6-9(3)4-5-11(10)15)16-17-14(18)21-7-12(19)20/h4-6,8H,7H2,1-3H3,(H,19,20). The number of aromatic nitrogens is 3. The van der Waals surface area contributed by atoms with E-state index in [-0.39, 0.29) is 17.6 Å². The van der Waals surface area contributed by atoms with Gasteiger partial charge < -0.3 is 5.11 Å². The van der Waals surface area contributed by atoms with Gasteiger partial charge in [0.2, 0.25) is 0 Å². The summed E-state index contributed by atoms with van der Waals surface area (Å²) < 4.78 is 15.8. The number of halogens is 1. The van der Waals surface area contributed by atoms with Gasteiger partial charge in [-0.1, -0.05) is 23.4 Å². The van der Waals surface area contributed by atoms with Crippen molar-refractivity contribution < 1.29 is 14.3 Å². The highest BCUT2D eigenvalue weighted by atomic mass is 32.2. The molecule has 0 fully saturated rings. The van der Waals surface area contributed by atoms with E-state index in [1.54, 1.807) is 16.7 Å². The number of benzene rings is 1. The fourth-order valence-corrected chi connectivity index (χ4v) is 2.75. The maximum Gasteiger partial charge on any atom is 0.313 e. The second-order valence-corrected chi connectivity index (χ2v) is 5.88. The minimum atomic E-state index is -0.929. The van der Waals surface area contributed by atoms with Crippen molar-refractivity contribution in [2.45, 2.75) is 32.0 Å². The summed E-state index contributed by atoms with van der Waals surface area (Å²) in [4.78, 5) is 10.7. The topological polar surface area (TPSA) is 68.0 Å². The summed E-state index contributed by atoms with van der Waals surface area (Å²) >= 11 is 1.08. The number of hydrogen-bond acceptors (Lipinski definition) is 4. The lowest BCUT2D eigenvalue weighted by molar-refractivity contribution is -0.133. The normalized spacial score (nSPS) is 11.1. The Balaban J connectivity index is 2.49. The number of rotatable bonds is 5. The summed E-state index contributed by atoms with van der Waals surface area (Å²) in [6, 6.07) is 4.79. The lowest BCUT2D eigenvalue weighted by atomic mass is 10.1. The smallest absolute Gasteiger partial charge is 0.313 e. The number of aliphatic carboxylic acids is 1. The quantitative estimate of drug-likeness (QED) is 0.859. The van der Waals surface area contributed by atoms with Gasteiger partial charge in [-0.2, -0.15) is 0 Å². The first-order valence-corrected chi connectivity index (χ1v) is 7.44. The molecule has 0 amide bonds. The highest BCUT2D eigenvalue weighted by Crippen LogP contribution is 2.29. The number of thioether (sulfide) groups is 1. The molecule has 0 saturated heterocycles. The summed E-state index contributed by atoms with van der Waals surface area (Å²) in [5.41, 5.74) is 1.29. The number of carboxylic acids is 1. The molecule has 0 aliphatic rings. The summed E-state index contributed by atoms with van der Waals surface area (Å²) in [6.07, 6.45) is 0. The van der Waals surface area contributed by atoms with E-state index in [9.17, 15) is 9.18 Å². The molecule has 0 spiro atoms. The Labute approximate surface area is 126 Å². The van der Waals surface area contributed by atoms with E-state index >= 15 is 0 Å². The van der Waals surface area contributed by atoms with Gasteiger partial charge in [0.05, 0.1) is 11.3 Å². The van der Waals surface area contributed by atoms with Crippen LogP contribution in [0.1, 0.15) is 25.5 Å². The maximum absolute atomic E-state index is 14.0. The van der Waals surface area contributed by atoms with Crippen LogP contribution in [0.2, 0.25) is 0 Å². The van der Waals surface area contributed by atoms with Crippen molar-refractivity contribution in [2.24, 2.45) is 0 Å². The molecule has 1 aromatic carbocycles. The molecular formula is C14H16FN3O2S. The van der Waals surface area contributed by atoms with Crippen molar-refractivity contribution in [3.8, 4) is 11.4 Å². The lowest BCUT2D eigenvalue weighted by Gasteiger charge is -2.14. The molecule has 0 aliphatic carbocycles. The minimum Gasteiger partial charge on any atom is -0.481 e. The van der Waals surface area contributed by atoms with Crippen molar-refractivity contribution in [1.82, 2.24) is 14.8 Å². The molecule has 0 unspecified atom stereocenters. The Hall–Kier alpha value is -1.89. The molecule has 1 heterocycles. The summed E-state index contributed by atoms with van der Waals surface area (Å²) in [6.45, 7) is 5.72. The molecule has 112 valence electrons. The van der Waals surface area contributed by atoms with E-state index in [4.69, 9.17) is 5.11 Å². The summed E-state index contributed by atoms with van der Waals surface area (Å²) in [5, 5.41) is 17.3. The molecule has 21 heavy (non-hydrogen) atoms. The minimum absolute atomic E-state index is 0.00814. The van der Waals surface area contributed by atoms with Gasteiger partial charge in [-0.25, -0.2) is 4.39 Å². The maximum atomic E-state index is 14.0. The third kappa shape index (κ3) is 3.41. The molecule has 5 nitrogen and oxygen atoms in total. The molecule has 0 bridgehead atoms. The fraction of sp³-hybridized carbons (Fsp3) is 0.357. The first-order valence-electron chi connectivity index (χ1n) is 6.46. The van der Waals surface area contributed by atoms with Gasteiger partial charge >= 0.3 is 5.97 Å². The lowest BCUT2D eigenvalue weighted by Crippen LogP contribution is -2.07. The number of aryl methyl sites for hydroxylation is 1. The molecule has 1 aromatic heterocycles. The highest BCUT2D eigenvalue weighted by Gasteiger charge is 2.20. The van der Waals surface area contributed by atoms with Gasteiger partial charge in [0.1, 0.15) is 5.82 Å². The van der Waals surface area contributed by atoms with Crippen molar-refractivity contribution in [1.29, 1.82) is 0 Å². The summed E-state index contributed by atoms with van der Waals surface area (Å²) in [5.74, 6) is -0.994. The average Bonchev–Trinajstić information content (AvgIpc) is 2.83. The Kier molecular flexibility index (Phi) is 4.62. The zero-order valence-corrected chi connectivity index (χ0v) is 12.8. The second kappa shape index (κ2) is 6.26. The van der Waals surface area contributed by atoms with Crippen LogP contribution in [0.3, 0.4) is 0 Å². The van der Waals surface area contributed by atoms with Crippen LogP contribution in [0.25, 0.3) is 11.4 Å². The van der Waals surface area contributed by atoms with Crippen LogP contribution in [-0.4, -0.2) is 31.6 Å². The predicted octanol–water partition coefficient (Wildman–Crippen LogP) is 3.15. The van der Waals surface area contributed by atoms with Crippen LogP contribution in [0.15, 0.2) is 23.4 Å². The van der Waals surface area contributed by atoms with Crippen LogP contribution in [-0.2, 0) is 4.79 Å². The molecular weight excluding hydrogens is 293 g/mol. The van der Waals surface area contributed by atoms with E-state index < -0.39 is 5.97 Å². The molecule has 0 aliphatic heterocycles. The third-order valence-electron chi connectivity index (χ3n) is 2.87. The first-order chi connectivity index (χ1) is 9.90. The summed E-state index contributed by atoms with van der Waals surface area (Å²) in [7, 11) is 0. The monoisotopic (exact) mass is 309 g/mol. The molecule has 2 aromatic rings. The second-order valence-electron chi connectivity index (χ2n) is 4.94. The largest absolute Gasteiger partial charge is 0.481 e. The van der Waals surface area contributed by atoms with Crippen LogP contribution in [0, 0.1) is 12.7 Å². The van der Waals surface area contributed by atoms with E-state index in [0.29, 0.717) is 16.5 Å². The van der Waals surface area contributed by atoms with Gasteiger partial charge in [0.25, 0.3) is 0 Å². The predicted molar refractivity (Wildman–Crippen MR) is 78.9 cm³/mol. The molecule has 2 rings (SSSR count). The molecule has 7 heteroatoms. The average molecular weight is 309 g/mol. The van der Waals surface area contributed by atoms with E-state index in [1.807, 2.05) is 20.8 Å². The van der Waals surface area contributed by atoms with Gasteiger partial charge in [-0.3, -0.25) is 9.36 Å². The van der Waals surface area contributed by atoms with E-state index in [0.717, 1.165) is 17.3 Å². The highest BCUT2D eigenvalue weighted by molar-refractivity contribution is 7.99. The van der Waals surface area contributed by atoms with Crippen LogP contribution < -0.4 is 0 Å². The van der Waals surface area contributed by atoms with Crippen molar-refractivity contribution in [3.63, 3.8) is 0 Å². The Morgan fingerprint density at radius 1 is 1.43 bits per heavy atom. The van der Waals surface area contributed by atoms with Crippen molar-refractivity contribution in [3.05, 3.63) is 29.6 Å². The first kappa shape index (κ1) is 15.5. The van der Waals surface area contributed by atoms with Gasteiger partial charge in [-0.05, 0) is 32.9 Å². The molecule has 0 saturated carbocycles. The van der Waals surface area contributed by atoms with Crippen LogP contribution in [0.5, 0.6) is 0 Å². The number of hydrogen-bond donors (Lipinski definition) is 1. The van der Waals surface area contributed by atoms with E-state index in [2.05, 4.69) is 10.2 Å². The zero-order valence-electron chi connectivity index (χ0n) is 12.0. The molecule has 0 atom stereocenters. The number of carboxylic acid groups (broad SMARTS) is 1. The van der Waals surface area contributed by atoms with Crippen LogP contribution >= 0.6 is 11.8 Å². The van der Waals surface area contributed by atoms with Gasteiger partial charge in [0, 0.05) is 6.04 Å². The van der Waals surface area contributed by atoms with Gasteiger partial charge in [-0.15, -0.1) is 10.2 Å². The third-order valence-corrected chi connectivity index (χ3v) is 3.80. The van der Waals surface area contributed by atoms with E-state index in [1.165, 1.54) is 6.07 Å². The number of carbonyl (C=O) groups is 1. The zero-order chi connectivity index (χ0) is 15.6. The van der Waals surface area contributed by atoms with Crippen molar-refractivity contribution >= 4 is 17.7 Å². The molecule has 0 radical (unpaired) electrons. The van der Waals surface area contributed by atoms with Crippen molar-refractivity contribution in [2.75, 3.05) is 5.75 Å². The van der Waals surface area contributed by atoms with Crippen LogP contribution in [0.4, 0.5) is 4.39 Å². The molecule has 1 N–H and O–H groups in total. The SMILES string of the molecule is Cc1ccc(F)c(-c2nnc(SCC(=O)O)n2C(C)C)c1. The number of nitrogens with zero attached hydrogens (tertiary/aromatic N) is 3. The Morgan fingerprint density at radius 3 is 2.76 bits per heavy atom. The van der Waals surface area contributed by atoms with Gasteiger partial charge in [0.15, 0.2) is 11.0 Å². The Bertz CT molecular complexity index is 670. The fourth-order valence-electron chi connectivity index (χ4n) is 1.96.